The van der Waals surface area contributed by atoms with Gasteiger partial charge in [-0.1, -0.05) is 25.5 Å². The second kappa shape index (κ2) is 8.97. The zero-order chi connectivity index (χ0) is 19.3. The van der Waals surface area contributed by atoms with E-state index in [0.717, 1.165) is 24.0 Å². The Balaban J connectivity index is 1.93. The van der Waals surface area contributed by atoms with E-state index >= 15 is 0 Å². The Bertz CT molecular complexity index is 726. The number of rotatable bonds is 7. The highest BCUT2D eigenvalue weighted by molar-refractivity contribution is 7.89. The second-order valence-electron chi connectivity index (χ2n) is 7.21. The molecule has 1 aliphatic rings. The summed E-state index contributed by atoms with van der Waals surface area (Å²) in [5.41, 5.74) is 1.70. The summed E-state index contributed by atoms with van der Waals surface area (Å²) >= 11 is 0. The van der Waals surface area contributed by atoms with Crippen molar-refractivity contribution < 1.29 is 13.2 Å². The first-order valence-corrected chi connectivity index (χ1v) is 10.8. The standard InChI is InChI=1S/C19H31N3O3S/c1-5-6-17(4)20-19(23)14-21-9-11-22(12-10-21)26(24,25)18-13-15(2)7-8-16(18)3/h7-8,13,17H,5-6,9-12,14H2,1-4H3,(H,20,23)/t17-/m1/s1. The molecule has 1 heterocycles. The molecule has 1 fully saturated rings. The van der Waals surface area contributed by atoms with Crippen molar-refractivity contribution in [3.8, 4) is 0 Å². The fraction of sp³-hybridized carbons (Fsp3) is 0.632. The van der Waals surface area contributed by atoms with E-state index in [-0.39, 0.29) is 11.9 Å². The van der Waals surface area contributed by atoms with E-state index < -0.39 is 10.0 Å². The van der Waals surface area contributed by atoms with Gasteiger partial charge in [-0.05, 0) is 44.4 Å². The van der Waals surface area contributed by atoms with Crippen LogP contribution in [0.5, 0.6) is 0 Å². The number of amides is 1. The molecule has 1 atom stereocenters. The number of hydrogen-bond acceptors (Lipinski definition) is 4. The van der Waals surface area contributed by atoms with Crippen LogP contribution in [0.15, 0.2) is 23.1 Å². The maximum absolute atomic E-state index is 12.9. The molecule has 26 heavy (non-hydrogen) atoms. The first-order chi connectivity index (χ1) is 12.2. The molecule has 0 radical (unpaired) electrons. The highest BCUT2D eigenvalue weighted by atomic mass is 32.2. The van der Waals surface area contributed by atoms with Crippen molar-refractivity contribution in [3.63, 3.8) is 0 Å². The second-order valence-corrected chi connectivity index (χ2v) is 9.11. The maximum atomic E-state index is 12.9. The van der Waals surface area contributed by atoms with Crippen LogP contribution < -0.4 is 5.32 Å². The van der Waals surface area contributed by atoms with Crippen LogP contribution in [-0.2, 0) is 14.8 Å². The van der Waals surface area contributed by atoms with Gasteiger partial charge in [0, 0.05) is 32.2 Å². The van der Waals surface area contributed by atoms with Crippen LogP contribution >= 0.6 is 0 Å². The third-order valence-electron chi connectivity index (χ3n) is 4.79. The molecule has 0 bridgehead atoms. The minimum Gasteiger partial charge on any atom is -0.353 e. The Labute approximate surface area is 157 Å². The zero-order valence-corrected chi connectivity index (χ0v) is 17.1. The molecule has 1 aliphatic heterocycles. The Morgan fingerprint density at radius 3 is 2.46 bits per heavy atom. The van der Waals surface area contributed by atoms with Crippen LogP contribution in [0, 0.1) is 13.8 Å². The van der Waals surface area contributed by atoms with Gasteiger partial charge >= 0.3 is 0 Å². The van der Waals surface area contributed by atoms with Crippen molar-refractivity contribution in [1.29, 1.82) is 0 Å². The Morgan fingerprint density at radius 2 is 1.85 bits per heavy atom. The summed E-state index contributed by atoms with van der Waals surface area (Å²) in [5, 5.41) is 3.00. The van der Waals surface area contributed by atoms with Crippen molar-refractivity contribution in [1.82, 2.24) is 14.5 Å². The Hall–Kier alpha value is -1.44. The monoisotopic (exact) mass is 381 g/mol. The number of nitrogens with zero attached hydrogens (tertiary/aromatic N) is 2. The van der Waals surface area contributed by atoms with E-state index in [1.54, 1.807) is 6.07 Å². The molecule has 0 unspecified atom stereocenters. The van der Waals surface area contributed by atoms with Crippen LogP contribution in [0.4, 0.5) is 0 Å². The highest BCUT2D eigenvalue weighted by Gasteiger charge is 2.30. The minimum atomic E-state index is -3.49. The van der Waals surface area contributed by atoms with Crippen LogP contribution in [0.1, 0.15) is 37.8 Å². The highest BCUT2D eigenvalue weighted by Crippen LogP contribution is 2.22. The number of sulfonamides is 1. The SMILES string of the molecule is CCC[C@@H](C)NC(=O)CN1CCN(S(=O)(=O)c2cc(C)ccc2C)CC1. The maximum Gasteiger partial charge on any atom is 0.243 e. The molecule has 1 N–H and O–H groups in total. The van der Waals surface area contributed by atoms with Gasteiger partial charge in [0.1, 0.15) is 0 Å². The third-order valence-corrected chi connectivity index (χ3v) is 6.83. The average molecular weight is 382 g/mol. The van der Waals surface area contributed by atoms with Gasteiger partial charge in [-0.25, -0.2) is 8.42 Å². The lowest BCUT2D eigenvalue weighted by Gasteiger charge is -2.34. The minimum absolute atomic E-state index is 0.0109. The summed E-state index contributed by atoms with van der Waals surface area (Å²) in [6.45, 7) is 10.1. The molecule has 1 aromatic carbocycles. The van der Waals surface area contributed by atoms with Gasteiger partial charge in [-0.3, -0.25) is 9.69 Å². The summed E-state index contributed by atoms with van der Waals surface area (Å²) in [5.74, 6) is 0.0109. The zero-order valence-electron chi connectivity index (χ0n) is 16.3. The summed E-state index contributed by atoms with van der Waals surface area (Å²) in [6.07, 6.45) is 2.00. The molecule has 7 heteroatoms. The van der Waals surface area contributed by atoms with Gasteiger partial charge in [0.05, 0.1) is 11.4 Å². The molecule has 1 saturated heterocycles. The van der Waals surface area contributed by atoms with Crippen molar-refractivity contribution in [2.45, 2.75) is 51.5 Å². The van der Waals surface area contributed by atoms with Crippen LogP contribution in [0.3, 0.4) is 0 Å². The van der Waals surface area contributed by atoms with E-state index in [9.17, 15) is 13.2 Å². The first-order valence-electron chi connectivity index (χ1n) is 9.33. The van der Waals surface area contributed by atoms with E-state index in [0.29, 0.717) is 37.6 Å². The van der Waals surface area contributed by atoms with Gasteiger partial charge in [-0.2, -0.15) is 4.31 Å². The molecule has 146 valence electrons. The Kier molecular flexibility index (Phi) is 7.20. The molecular formula is C19H31N3O3S. The van der Waals surface area contributed by atoms with E-state index in [2.05, 4.69) is 12.2 Å². The molecule has 1 aromatic rings. The largest absolute Gasteiger partial charge is 0.353 e. The lowest BCUT2D eigenvalue weighted by Crippen LogP contribution is -2.51. The smallest absolute Gasteiger partial charge is 0.243 e. The van der Waals surface area contributed by atoms with Crippen LogP contribution in [-0.4, -0.2) is 62.3 Å². The van der Waals surface area contributed by atoms with E-state index in [1.165, 1.54) is 4.31 Å². The normalized spacial score (nSPS) is 17.8. The topological polar surface area (TPSA) is 69.7 Å². The summed E-state index contributed by atoms with van der Waals surface area (Å²) in [4.78, 5) is 14.5. The molecular weight excluding hydrogens is 350 g/mol. The number of piperazine rings is 1. The number of benzene rings is 1. The van der Waals surface area contributed by atoms with Gasteiger partial charge < -0.3 is 5.32 Å². The Morgan fingerprint density at radius 1 is 1.19 bits per heavy atom. The van der Waals surface area contributed by atoms with Gasteiger partial charge in [0.25, 0.3) is 0 Å². The quantitative estimate of drug-likeness (QED) is 0.783. The van der Waals surface area contributed by atoms with Gasteiger partial charge in [-0.15, -0.1) is 0 Å². The van der Waals surface area contributed by atoms with Crippen molar-refractivity contribution >= 4 is 15.9 Å². The molecule has 0 spiro atoms. The number of aryl methyl sites for hydroxylation is 2. The molecule has 1 amide bonds. The fourth-order valence-electron chi connectivity index (χ4n) is 3.28. The average Bonchev–Trinajstić information content (AvgIpc) is 2.57. The number of carbonyl (C=O) groups excluding carboxylic acids is 1. The predicted molar refractivity (Wildman–Crippen MR) is 104 cm³/mol. The van der Waals surface area contributed by atoms with Crippen LogP contribution in [0.25, 0.3) is 0 Å². The molecule has 0 aromatic heterocycles. The van der Waals surface area contributed by atoms with E-state index in [1.807, 2.05) is 37.8 Å². The van der Waals surface area contributed by atoms with Crippen LogP contribution in [0.2, 0.25) is 0 Å². The first kappa shape index (κ1) is 20.9. The lowest BCUT2D eigenvalue weighted by atomic mass is 10.2. The van der Waals surface area contributed by atoms with E-state index in [4.69, 9.17) is 0 Å². The van der Waals surface area contributed by atoms with Crippen molar-refractivity contribution in [2.24, 2.45) is 0 Å². The molecule has 0 aliphatic carbocycles. The summed E-state index contributed by atoms with van der Waals surface area (Å²) in [7, 11) is -3.49. The predicted octanol–water partition coefficient (Wildman–Crippen LogP) is 1.91. The summed E-state index contributed by atoms with van der Waals surface area (Å²) in [6, 6.07) is 5.68. The number of nitrogens with one attached hydrogen (secondary N) is 1. The fourth-order valence-corrected chi connectivity index (χ4v) is 5.01. The number of carbonyl (C=O) groups is 1. The molecule has 6 nitrogen and oxygen atoms in total. The summed E-state index contributed by atoms with van der Waals surface area (Å²) < 4.78 is 27.4. The van der Waals surface area contributed by atoms with Gasteiger partial charge in [0.15, 0.2) is 0 Å². The third kappa shape index (κ3) is 5.28. The van der Waals surface area contributed by atoms with Crippen molar-refractivity contribution in [3.05, 3.63) is 29.3 Å². The van der Waals surface area contributed by atoms with Gasteiger partial charge in [0.2, 0.25) is 15.9 Å². The molecule has 0 saturated carbocycles. The lowest BCUT2D eigenvalue weighted by molar-refractivity contribution is -0.123. The number of hydrogen-bond donors (Lipinski definition) is 1. The van der Waals surface area contributed by atoms with Crippen molar-refractivity contribution in [2.75, 3.05) is 32.7 Å². The molecule has 2 rings (SSSR count).